The lowest BCUT2D eigenvalue weighted by Gasteiger charge is -2.31. The molecule has 4 heteroatoms. The second kappa shape index (κ2) is 5.90. The van der Waals surface area contributed by atoms with Crippen LogP contribution in [0.25, 0.3) is 0 Å². The summed E-state index contributed by atoms with van der Waals surface area (Å²) >= 11 is 0. The first-order valence-electron chi connectivity index (χ1n) is 6.78. The van der Waals surface area contributed by atoms with Gasteiger partial charge in [-0.05, 0) is 37.5 Å². The lowest BCUT2D eigenvalue weighted by molar-refractivity contribution is 0.0116. The fraction of sp³-hybridized carbons (Fsp3) is 0.600. The van der Waals surface area contributed by atoms with E-state index >= 15 is 0 Å². The quantitative estimate of drug-likeness (QED) is 0.871. The van der Waals surface area contributed by atoms with Gasteiger partial charge in [-0.2, -0.15) is 0 Å². The summed E-state index contributed by atoms with van der Waals surface area (Å²) in [5.74, 6) is 0.902. The number of hydrogen-bond donors (Lipinski definition) is 2. The van der Waals surface area contributed by atoms with Crippen LogP contribution in [-0.4, -0.2) is 32.9 Å². The molecule has 3 N–H and O–H groups in total. The van der Waals surface area contributed by atoms with Gasteiger partial charge in [-0.15, -0.1) is 0 Å². The zero-order valence-electron chi connectivity index (χ0n) is 12.2. The van der Waals surface area contributed by atoms with Crippen LogP contribution in [0.5, 0.6) is 5.75 Å². The van der Waals surface area contributed by atoms with E-state index in [9.17, 15) is 0 Å². The lowest BCUT2D eigenvalue weighted by Crippen LogP contribution is -2.44. The molecule has 0 saturated carbocycles. The first kappa shape index (κ1) is 14.3. The monoisotopic (exact) mass is 264 g/mol. The second-order valence-electron chi connectivity index (χ2n) is 5.22. The van der Waals surface area contributed by atoms with E-state index in [2.05, 4.69) is 32.2 Å². The number of aryl methyl sites for hydroxylation is 2. The van der Waals surface area contributed by atoms with E-state index in [0.29, 0.717) is 6.61 Å². The van der Waals surface area contributed by atoms with Gasteiger partial charge in [0, 0.05) is 18.7 Å². The predicted octanol–water partition coefficient (Wildman–Crippen LogP) is 1.61. The molecule has 1 heterocycles. The minimum atomic E-state index is -0.165. The Labute approximate surface area is 115 Å². The summed E-state index contributed by atoms with van der Waals surface area (Å²) in [5, 5.41) is 3.32. The summed E-state index contributed by atoms with van der Waals surface area (Å²) in [7, 11) is 1.71. The number of hydrogen-bond acceptors (Lipinski definition) is 4. The predicted molar refractivity (Wildman–Crippen MR) is 76.7 cm³/mol. The van der Waals surface area contributed by atoms with Crippen molar-refractivity contribution >= 4 is 0 Å². The lowest BCUT2D eigenvalue weighted by atomic mass is 9.91. The third kappa shape index (κ3) is 2.76. The summed E-state index contributed by atoms with van der Waals surface area (Å²) in [6.07, 6.45) is 0.00320. The smallest absolute Gasteiger partial charge is 0.127 e. The van der Waals surface area contributed by atoms with Crippen molar-refractivity contribution in [2.24, 2.45) is 5.73 Å². The Morgan fingerprint density at radius 3 is 2.68 bits per heavy atom. The number of ether oxygens (including phenoxy) is 2. The van der Waals surface area contributed by atoms with Gasteiger partial charge in [0.15, 0.2) is 0 Å². The van der Waals surface area contributed by atoms with Crippen molar-refractivity contribution in [1.29, 1.82) is 0 Å². The maximum Gasteiger partial charge on any atom is 0.127 e. The van der Waals surface area contributed by atoms with Crippen LogP contribution in [0.4, 0.5) is 0 Å². The molecule has 1 fully saturated rings. The molecule has 2 rings (SSSR count). The number of nitrogens with one attached hydrogen (secondary N) is 1. The number of methoxy groups -OCH3 is 1. The summed E-state index contributed by atoms with van der Waals surface area (Å²) < 4.78 is 11.4. The van der Waals surface area contributed by atoms with Crippen molar-refractivity contribution in [3.63, 3.8) is 0 Å². The molecule has 19 heavy (non-hydrogen) atoms. The number of rotatable bonds is 3. The van der Waals surface area contributed by atoms with E-state index in [1.807, 2.05) is 0 Å². The fourth-order valence-corrected chi connectivity index (χ4v) is 2.75. The van der Waals surface area contributed by atoms with Gasteiger partial charge in [0.25, 0.3) is 0 Å². The highest BCUT2D eigenvalue weighted by molar-refractivity contribution is 5.51. The largest absolute Gasteiger partial charge is 0.496 e. The Kier molecular flexibility index (Phi) is 4.45. The van der Waals surface area contributed by atoms with Crippen LogP contribution >= 0.6 is 0 Å². The molecule has 4 nitrogen and oxygen atoms in total. The van der Waals surface area contributed by atoms with Crippen molar-refractivity contribution in [3.05, 3.63) is 28.3 Å². The fourth-order valence-electron chi connectivity index (χ4n) is 2.75. The van der Waals surface area contributed by atoms with Gasteiger partial charge in [-0.25, -0.2) is 0 Å². The van der Waals surface area contributed by atoms with Gasteiger partial charge in [0.1, 0.15) is 5.75 Å². The molecular formula is C15H24N2O2. The molecular weight excluding hydrogens is 240 g/mol. The summed E-state index contributed by atoms with van der Waals surface area (Å²) in [4.78, 5) is 0. The Bertz CT molecular complexity index is 454. The molecule has 2 unspecified atom stereocenters. The highest BCUT2D eigenvalue weighted by Crippen LogP contribution is 2.35. The van der Waals surface area contributed by atoms with Crippen LogP contribution in [0.3, 0.4) is 0 Å². The molecule has 1 aliphatic rings. The molecule has 1 aromatic carbocycles. The first-order valence-corrected chi connectivity index (χ1v) is 6.78. The van der Waals surface area contributed by atoms with E-state index in [4.69, 9.17) is 15.2 Å². The Morgan fingerprint density at radius 1 is 1.37 bits per heavy atom. The van der Waals surface area contributed by atoms with Crippen LogP contribution in [-0.2, 0) is 4.74 Å². The van der Waals surface area contributed by atoms with Gasteiger partial charge in [0.05, 0.1) is 25.9 Å². The Hall–Kier alpha value is -1.10. The Morgan fingerprint density at radius 2 is 2.11 bits per heavy atom. The van der Waals surface area contributed by atoms with Crippen molar-refractivity contribution in [2.45, 2.75) is 32.9 Å². The molecule has 1 aromatic rings. The van der Waals surface area contributed by atoms with E-state index in [1.165, 1.54) is 11.1 Å². The topological polar surface area (TPSA) is 56.5 Å². The molecule has 106 valence electrons. The van der Waals surface area contributed by atoms with Gasteiger partial charge < -0.3 is 20.5 Å². The average Bonchev–Trinajstić information content (AvgIpc) is 2.42. The maximum atomic E-state index is 6.42. The zero-order chi connectivity index (χ0) is 14.0. The number of benzene rings is 1. The number of morpholine rings is 1. The molecule has 0 radical (unpaired) electrons. The molecule has 0 spiro atoms. The van der Waals surface area contributed by atoms with Crippen LogP contribution in [0.2, 0.25) is 0 Å². The van der Waals surface area contributed by atoms with Gasteiger partial charge >= 0.3 is 0 Å². The highest BCUT2D eigenvalue weighted by Gasteiger charge is 2.27. The van der Waals surface area contributed by atoms with E-state index in [-0.39, 0.29) is 12.1 Å². The molecule has 0 aromatic heterocycles. The number of nitrogens with two attached hydrogens (primary N) is 1. The second-order valence-corrected chi connectivity index (χ2v) is 5.22. The van der Waals surface area contributed by atoms with Crippen molar-refractivity contribution in [1.82, 2.24) is 5.32 Å². The summed E-state index contributed by atoms with van der Waals surface area (Å²) in [5.41, 5.74) is 11.0. The third-order valence-corrected chi connectivity index (χ3v) is 3.93. The summed E-state index contributed by atoms with van der Waals surface area (Å²) in [6.45, 7) is 8.65. The molecule has 1 aliphatic heterocycles. The van der Waals surface area contributed by atoms with Gasteiger partial charge in [-0.1, -0.05) is 6.07 Å². The van der Waals surface area contributed by atoms with Crippen LogP contribution in [0, 0.1) is 20.8 Å². The van der Waals surface area contributed by atoms with Crippen LogP contribution in [0.15, 0.2) is 6.07 Å². The SMILES string of the molecule is COc1c(C)c(C)cc(C)c1C(N)C1CNCCO1. The molecule has 1 saturated heterocycles. The molecule has 0 bridgehead atoms. The molecule has 0 amide bonds. The van der Waals surface area contributed by atoms with E-state index in [0.717, 1.165) is 30.0 Å². The normalized spacial score (nSPS) is 21.2. The third-order valence-electron chi connectivity index (χ3n) is 3.93. The molecule has 2 atom stereocenters. The minimum Gasteiger partial charge on any atom is -0.496 e. The van der Waals surface area contributed by atoms with Crippen LogP contribution < -0.4 is 15.8 Å². The minimum absolute atomic E-state index is 0.00320. The van der Waals surface area contributed by atoms with Gasteiger partial charge in [0.2, 0.25) is 0 Å². The zero-order valence-corrected chi connectivity index (χ0v) is 12.2. The first-order chi connectivity index (χ1) is 9.06. The maximum absolute atomic E-state index is 6.42. The van der Waals surface area contributed by atoms with Crippen molar-refractivity contribution in [3.8, 4) is 5.75 Å². The molecule has 0 aliphatic carbocycles. The van der Waals surface area contributed by atoms with Crippen LogP contribution in [0.1, 0.15) is 28.3 Å². The summed E-state index contributed by atoms with van der Waals surface area (Å²) in [6, 6.07) is 2.01. The van der Waals surface area contributed by atoms with E-state index < -0.39 is 0 Å². The van der Waals surface area contributed by atoms with Crippen molar-refractivity contribution < 1.29 is 9.47 Å². The highest BCUT2D eigenvalue weighted by atomic mass is 16.5. The standard InChI is InChI=1S/C15H24N2O2/c1-9-7-10(2)13(15(18-4)11(9)3)14(16)12-8-17-5-6-19-12/h7,12,14,17H,5-6,8,16H2,1-4H3. The van der Waals surface area contributed by atoms with Crippen molar-refractivity contribution in [2.75, 3.05) is 26.8 Å². The van der Waals surface area contributed by atoms with E-state index in [1.54, 1.807) is 7.11 Å². The average molecular weight is 264 g/mol. The Balaban J connectivity index is 2.39. The van der Waals surface area contributed by atoms with Gasteiger partial charge in [-0.3, -0.25) is 0 Å².